The molecule has 0 atom stereocenters. The largest absolute Gasteiger partial charge is 0.306 e. The number of aromatic nitrogens is 3. The first-order valence-corrected chi connectivity index (χ1v) is 5.15. The first-order valence-electron chi connectivity index (χ1n) is 4.36. The lowest BCUT2D eigenvalue weighted by Crippen LogP contribution is -2.35. The molecule has 2 aromatic rings. The molecule has 0 bridgehead atoms. The fourth-order valence-electron chi connectivity index (χ4n) is 1.29. The minimum Gasteiger partial charge on any atom is -0.194 e. The molecule has 5 heteroatoms. The van der Waals surface area contributed by atoms with Crippen LogP contribution in [0.2, 0.25) is 0 Å². The molecule has 74 valence electrons. The Morgan fingerprint density at radius 3 is 3.00 bits per heavy atom. The molecule has 4 nitrogen and oxygen atoms in total. The van der Waals surface area contributed by atoms with Crippen LogP contribution in [-0.4, -0.2) is 10.1 Å². The molecule has 0 unspecified atom stereocenters. The smallest absolute Gasteiger partial charge is 0.194 e. The first-order chi connectivity index (χ1) is 7.29. The van der Waals surface area contributed by atoms with Gasteiger partial charge in [0.05, 0.1) is 5.56 Å². The van der Waals surface area contributed by atoms with Crippen molar-refractivity contribution in [3.8, 4) is 6.07 Å². The molecule has 0 aliphatic carbocycles. The lowest BCUT2D eigenvalue weighted by Gasteiger charge is -1.99. The summed E-state index contributed by atoms with van der Waals surface area (Å²) in [6.07, 6.45) is 3.34. The van der Waals surface area contributed by atoms with Crippen molar-refractivity contribution in [1.82, 2.24) is 10.1 Å². The van der Waals surface area contributed by atoms with Gasteiger partial charge >= 0.3 is 6.33 Å². The number of hydrogen-bond acceptors (Lipinski definition) is 2. The maximum atomic E-state index is 8.76. The fourth-order valence-corrected chi connectivity index (χ4v) is 1.80. The third-order valence-electron chi connectivity index (χ3n) is 2.01. The molecule has 0 spiro atoms. The molecule has 0 amide bonds. The second kappa shape index (κ2) is 4.24. The summed E-state index contributed by atoms with van der Waals surface area (Å²) >= 11 is 3.35. The van der Waals surface area contributed by atoms with E-state index in [2.05, 4.69) is 32.1 Å². The van der Waals surface area contributed by atoms with E-state index in [1.54, 1.807) is 18.7 Å². The van der Waals surface area contributed by atoms with Crippen LogP contribution in [0, 0.1) is 11.3 Å². The number of H-pyrrole nitrogens is 1. The van der Waals surface area contributed by atoms with Gasteiger partial charge in [-0.1, -0.05) is 6.07 Å². The van der Waals surface area contributed by atoms with Crippen molar-refractivity contribution < 1.29 is 4.68 Å². The number of nitrogens with zero attached hydrogens (tertiary/aromatic N) is 3. The zero-order valence-electron chi connectivity index (χ0n) is 7.81. The maximum absolute atomic E-state index is 8.76. The number of rotatable bonds is 2. The van der Waals surface area contributed by atoms with Crippen LogP contribution < -0.4 is 4.68 Å². The van der Waals surface area contributed by atoms with Gasteiger partial charge in [-0.05, 0) is 38.6 Å². The Kier molecular flexibility index (Phi) is 2.79. The number of nitrogens with one attached hydrogen (secondary N) is 1. The summed E-state index contributed by atoms with van der Waals surface area (Å²) in [7, 11) is 0. The highest BCUT2D eigenvalue weighted by Crippen LogP contribution is 2.17. The third kappa shape index (κ3) is 2.22. The molecule has 1 N–H and O–H groups in total. The lowest BCUT2D eigenvalue weighted by atomic mass is 10.1. The van der Waals surface area contributed by atoms with Crippen LogP contribution in [0.5, 0.6) is 0 Å². The summed E-state index contributed by atoms with van der Waals surface area (Å²) < 4.78 is 2.68. The number of nitriles is 1. The van der Waals surface area contributed by atoms with Gasteiger partial charge in [-0.15, -0.1) is 0 Å². The first kappa shape index (κ1) is 9.87. The van der Waals surface area contributed by atoms with Crippen molar-refractivity contribution in [2.45, 2.75) is 6.54 Å². The molecule has 0 aliphatic heterocycles. The molecule has 15 heavy (non-hydrogen) atoms. The highest BCUT2D eigenvalue weighted by Gasteiger charge is 2.04. The van der Waals surface area contributed by atoms with Crippen LogP contribution in [0.25, 0.3) is 0 Å². The van der Waals surface area contributed by atoms with Gasteiger partial charge in [0.2, 0.25) is 6.33 Å². The van der Waals surface area contributed by atoms with E-state index in [9.17, 15) is 0 Å². The van der Waals surface area contributed by atoms with Gasteiger partial charge in [0, 0.05) is 4.47 Å². The van der Waals surface area contributed by atoms with Crippen molar-refractivity contribution in [1.29, 1.82) is 5.26 Å². The summed E-state index contributed by atoms with van der Waals surface area (Å²) in [5.41, 5.74) is 1.75. The summed E-state index contributed by atoms with van der Waals surface area (Å²) in [4.78, 5) is 3.92. The van der Waals surface area contributed by atoms with Gasteiger partial charge in [0.25, 0.3) is 0 Å². The van der Waals surface area contributed by atoms with Crippen LogP contribution in [-0.2, 0) is 6.54 Å². The SMILES string of the molecule is N#Cc1ccc(C[n+]2cnc[nH]2)cc1Br. The highest BCUT2D eigenvalue weighted by molar-refractivity contribution is 9.10. The van der Waals surface area contributed by atoms with Gasteiger partial charge in [-0.2, -0.15) is 15.0 Å². The standard InChI is InChI=1S/C10H7BrN4/c11-10-3-8(1-2-9(10)4-12)5-15-7-13-6-14-15/h1-3,6-7H,5H2/p+1. The van der Waals surface area contributed by atoms with Gasteiger partial charge in [-0.3, -0.25) is 0 Å². The van der Waals surface area contributed by atoms with Crippen LogP contribution in [0.1, 0.15) is 11.1 Å². The molecule has 1 heterocycles. The number of benzene rings is 1. The second-order valence-corrected chi connectivity index (χ2v) is 3.93. The zero-order chi connectivity index (χ0) is 10.7. The second-order valence-electron chi connectivity index (χ2n) is 3.08. The van der Waals surface area contributed by atoms with Crippen molar-refractivity contribution in [3.05, 3.63) is 46.5 Å². The Balaban J connectivity index is 2.24. The maximum Gasteiger partial charge on any atom is 0.306 e. The number of hydrogen-bond donors (Lipinski definition) is 1. The molecule has 2 rings (SSSR count). The van der Waals surface area contributed by atoms with E-state index in [4.69, 9.17) is 5.26 Å². The van der Waals surface area contributed by atoms with E-state index in [-0.39, 0.29) is 0 Å². The monoisotopic (exact) mass is 263 g/mol. The highest BCUT2D eigenvalue weighted by atomic mass is 79.9. The molecule has 1 aromatic carbocycles. The van der Waals surface area contributed by atoms with E-state index in [0.29, 0.717) is 12.1 Å². The van der Waals surface area contributed by atoms with E-state index in [0.717, 1.165) is 10.0 Å². The van der Waals surface area contributed by atoms with E-state index in [1.807, 2.05) is 16.8 Å². The quantitative estimate of drug-likeness (QED) is 0.833. The molecule has 0 saturated carbocycles. The summed E-state index contributed by atoms with van der Waals surface area (Å²) in [5, 5.41) is 11.7. The Bertz CT molecular complexity index is 499. The Morgan fingerprint density at radius 2 is 2.40 bits per heavy atom. The van der Waals surface area contributed by atoms with Gasteiger partial charge < -0.3 is 0 Å². The Labute approximate surface area is 95.3 Å². The van der Waals surface area contributed by atoms with Crippen molar-refractivity contribution >= 4 is 15.9 Å². The van der Waals surface area contributed by atoms with Crippen LogP contribution >= 0.6 is 15.9 Å². The van der Waals surface area contributed by atoms with Gasteiger partial charge in [0.15, 0.2) is 0 Å². The molecule has 0 fully saturated rings. The normalized spacial score (nSPS) is 9.87. The van der Waals surface area contributed by atoms with Gasteiger partial charge in [-0.25, -0.2) is 0 Å². The summed E-state index contributed by atoms with van der Waals surface area (Å²) in [6.45, 7) is 0.713. The van der Waals surface area contributed by atoms with Crippen LogP contribution in [0.15, 0.2) is 35.3 Å². The molecule has 0 radical (unpaired) electrons. The van der Waals surface area contributed by atoms with E-state index < -0.39 is 0 Å². The molecule has 1 aromatic heterocycles. The molecule has 0 saturated heterocycles. The molecular weight excluding hydrogens is 256 g/mol. The molecule has 0 aliphatic rings. The van der Waals surface area contributed by atoms with Crippen molar-refractivity contribution in [2.75, 3.05) is 0 Å². The van der Waals surface area contributed by atoms with Gasteiger partial charge in [0.1, 0.15) is 12.6 Å². The molecular formula is C10H8BrN4+. The average Bonchev–Trinajstić information content (AvgIpc) is 2.71. The summed E-state index contributed by atoms with van der Waals surface area (Å²) in [5.74, 6) is 0. The third-order valence-corrected chi connectivity index (χ3v) is 2.67. The predicted molar refractivity (Wildman–Crippen MR) is 56.7 cm³/mol. The Morgan fingerprint density at radius 1 is 1.53 bits per heavy atom. The van der Waals surface area contributed by atoms with Crippen molar-refractivity contribution in [2.24, 2.45) is 0 Å². The number of aromatic amines is 1. The summed E-state index contributed by atoms with van der Waals surface area (Å²) in [6, 6.07) is 7.77. The van der Waals surface area contributed by atoms with Crippen molar-refractivity contribution in [3.63, 3.8) is 0 Å². The van der Waals surface area contributed by atoms with Crippen LogP contribution in [0.3, 0.4) is 0 Å². The lowest BCUT2D eigenvalue weighted by molar-refractivity contribution is -0.743. The van der Waals surface area contributed by atoms with E-state index >= 15 is 0 Å². The Hall–Kier alpha value is -1.67. The number of halogens is 1. The van der Waals surface area contributed by atoms with Crippen LogP contribution in [0.4, 0.5) is 0 Å². The average molecular weight is 264 g/mol. The van der Waals surface area contributed by atoms with E-state index in [1.165, 1.54) is 0 Å². The minimum absolute atomic E-state index is 0.647. The topological polar surface area (TPSA) is 56.4 Å². The minimum atomic E-state index is 0.647. The predicted octanol–water partition coefficient (Wildman–Crippen LogP) is 1.38. The zero-order valence-corrected chi connectivity index (χ0v) is 9.40. The fraction of sp³-hybridized carbons (Fsp3) is 0.100.